The zero-order valence-electron chi connectivity index (χ0n) is 12.9. The highest BCUT2D eigenvalue weighted by Gasteiger charge is 2.29. The highest BCUT2D eigenvalue weighted by molar-refractivity contribution is 5.21. The molecule has 0 aromatic heterocycles. The first-order chi connectivity index (χ1) is 8.64. The van der Waals surface area contributed by atoms with E-state index in [9.17, 15) is 4.39 Å². The van der Waals surface area contributed by atoms with Crippen LogP contribution in [0.2, 0.25) is 0 Å². The molecule has 1 aromatic carbocycles. The van der Waals surface area contributed by atoms with Gasteiger partial charge in [0.2, 0.25) is 0 Å². The molecule has 3 heteroatoms. The van der Waals surface area contributed by atoms with Crippen LogP contribution in [-0.2, 0) is 0 Å². The molecule has 0 spiro atoms. The molecule has 0 aliphatic heterocycles. The summed E-state index contributed by atoms with van der Waals surface area (Å²) in [6.45, 7) is 11.0. The van der Waals surface area contributed by atoms with Gasteiger partial charge in [0.15, 0.2) is 0 Å². The van der Waals surface area contributed by atoms with Gasteiger partial charge in [0.05, 0.1) is 0 Å². The second-order valence-corrected chi connectivity index (χ2v) is 6.53. The summed E-state index contributed by atoms with van der Waals surface area (Å²) in [7, 11) is 2.10. The Balaban J connectivity index is 2.82. The van der Waals surface area contributed by atoms with Crippen LogP contribution in [0.15, 0.2) is 24.3 Å². The van der Waals surface area contributed by atoms with Crippen molar-refractivity contribution in [3.05, 3.63) is 35.6 Å². The van der Waals surface area contributed by atoms with Crippen molar-refractivity contribution < 1.29 is 4.39 Å². The minimum absolute atomic E-state index is 0.115. The maximum absolute atomic E-state index is 12.9. The topological polar surface area (TPSA) is 29.3 Å². The molecule has 0 saturated carbocycles. The first-order valence-electron chi connectivity index (χ1n) is 6.87. The molecule has 0 aliphatic rings. The lowest BCUT2D eigenvalue weighted by Crippen LogP contribution is -2.48. The molecule has 0 bridgehead atoms. The van der Waals surface area contributed by atoms with Gasteiger partial charge in [0, 0.05) is 18.1 Å². The molecule has 2 nitrogen and oxygen atoms in total. The minimum Gasteiger partial charge on any atom is -0.323 e. The van der Waals surface area contributed by atoms with Gasteiger partial charge in [-0.15, -0.1) is 0 Å². The number of benzene rings is 1. The third kappa shape index (κ3) is 4.02. The van der Waals surface area contributed by atoms with Gasteiger partial charge in [-0.05, 0) is 44.0 Å². The van der Waals surface area contributed by atoms with Crippen LogP contribution in [-0.4, -0.2) is 24.0 Å². The molecule has 2 N–H and O–H groups in total. The smallest absolute Gasteiger partial charge is 0.123 e. The number of hydrogen-bond donors (Lipinski definition) is 1. The van der Waals surface area contributed by atoms with Gasteiger partial charge in [-0.1, -0.05) is 32.9 Å². The molecule has 0 fully saturated rings. The average Bonchev–Trinajstić information content (AvgIpc) is 2.35. The Kier molecular flexibility index (Phi) is 5.11. The van der Waals surface area contributed by atoms with E-state index in [4.69, 9.17) is 5.73 Å². The molecule has 0 heterocycles. The summed E-state index contributed by atoms with van der Waals surface area (Å²) in [6.07, 6.45) is 0. The number of likely N-dealkylation sites (N-methyl/N-ethyl adjacent to an activating group) is 1. The van der Waals surface area contributed by atoms with Crippen molar-refractivity contribution in [2.24, 2.45) is 11.1 Å². The van der Waals surface area contributed by atoms with Gasteiger partial charge in [-0.3, -0.25) is 4.90 Å². The Morgan fingerprint density at radius 3 is 2.00 bits per heavy atom. The first-order valence-corrected chi connectivity index (χ1v) is 6.87. The van der Waals surface area contributed by atoms with Crippen molar-refractivity contribution in [3.8, 4) is 0 Å². The van der Waals surface area contributed by atoms with Crippen LogP contribution in [0.1, 0.15) is 46.2 Å². The third-order valence-electron chi connectivity index (χ3n) is 4.28. The van der Waals surface area contributed by atoms with E-state index in [1.165, 1.54) is 12.1 Å². The van der Waals surface area contributed by atoms with Crippen LogP contribution in [0.3, 0.4) is 0 Å². The number of nitrogens with zero attached hydrogens (tertiary/aromatic N) is 1. The van der Waals surface area contributed by atoms with Crippen molar-refractivity contribution in [3.63, 3.8) is 0 Å². The lowest BCUT2D eigenvalue weighted by atomic mass is 9.85. The van der Waals surface area contributed by atoms with Crippen molar-refractivity contribution >= 4 is 0 Å². The Morgan fingerprint density at radius 1 is 1.11 bits per heavy atom. The summed E-state index contributed by atoms with van der Waals surface area (Å²) < 4.78 is 12.9. The molecule has 3 atom stereocenters. The van der Waals surface area contributed by atoms with Crippen molar-refractivity contribution in [1.82, 2.24) is 4.90 Å². The fourth-order valence-electron chi connectivity index (χ4n) is 2.18. The molecular formula is C16H27FN2. The van der Waals surface area contributed by atoms with Gasteiger partial charge in [-0.25, -0.2) is 4.39 Å². The molecule has 1 rings (SSSR count). The Labute approximate surface area is 116 Å². The standard InChI is InChI=1S/C16H27FN2/c1-11(19(6)12(2)16(3,4)5)15(18)13-7-9-14(17)10-8-13/h7-12,15H,18H2,1-6H3. The first kappa shape index (κ1) is 16.1. The zero-order chi connectivity index (χ0) is 14.8. The van der Waals surface area contributed by atoms with Gasteiger partial charge in [0.1, 0.15) is 5.82 Å². The molecule has 1 aromatic rings. The van der Waals surface area contributed by atoms with E-state index in [1.54, 1.807) is 12.1 Å². The summed E-state index contributed by atoms with van der Waals surface area (Å²) in [4.78, 5) is 2.30. The molecule has 0 radical (unpaired) electrons. The maximum Gasteiger partial charge on any atom is 0.123 e. The van der Waals surface area contributed by atoms with E-state index in [2.05, 4.69) is 46.6 Å². The third-order valence-corrected chi connectivity index (χ3v) is 4.28. The molecular weight excluding hydrogens is 239 g/mol. The SMILES string of the molecule is CC(C(N)c1ccc(F)cc1)N(C)C(C)C(C)(C)C. The second kappa shape index (κ2) is 6.02. The van der Waals surface area contributed by atoms with Crippen LogP contribution in [0.5, 0.6) is 0 Å². The van der Waals surface area contributed by atoms with E-state index < -0.39 is 0 Å². The van der Waals surface area contributed by atoms with Crippen molar-refractivity contribution in [2.45, 2.75) is 52.7 Å². The number of hydrogen-bond acceptors (Lipinski definition) is 2. The minimum atomic E-state index is -0.222. The average molecular weight is 266 g/mol. The zero-order valence-corrected chi connectivity index (χ0v) is 12.9. The van der Waals surface area contributed by atoms with E-state index in [0.29, 0.717) is 6.04 Å². The fraction of sp³-hybridized carbons (Fsp3) is 0.625. The molecule has 0 saturated heterocycles. The van der Waals surface area contributed by atoms with Crippen LogP contribution >= 0.6 is 0 Å². The number of rotatable bonds is 4. The van der Waals surface area contributed by atoms with Crippen molar-refractivity contribution in [2.75, 3.05) is 7.05 Å². The van der Waals surface area contributed by atoms with Crippen LogP contribution in [0.25, 0.3) is 0 Å². The molecule has 3 unspecified atom stereocenters. The molecule has 19 heavy (non-hydrogen) atoms. The summed E-state index contributed by atoms with van der Waals surface area (Å²) in [5, 5.41) is 0. The van der Waals surface area contributed by atoms with Crippen LogP contribution in [0.4, 0.5) is 4.39 Å². The fourth-order valence-corrected chi connectivity index (χ4v) is 2.18. The Bertz CT molecular complexity index is 394. The monoisotopic (exact) mass is 266 g/mol. The van der Waals surface area contributed by atoms with Crippen molar-refractivity contribution in [1.29, 1.82) is 0 Å². The van der Waals surface area contributed by atoms with Crippen LogP contribution in [0, 0.1) is 11.2 Å². The van der Waals surface area contributed by atoms with Gasteiger partial charge in [0.25, 0.3) is 0 Å². The predicted molar refractivity (Wildman–Crippen MR) is 79.5 cm³/mol. The predicted octanol–water partition coefficient (Wildman–Crippen LogP) is 3.58. The summed E-state index contributed by atoms with van der Waals surface area (Å²) in [5.74, 6) is -0.222. The maximum atomic E-state index is 12.9. The quantitative estimate of drug-likeness (QED) is 0.902. The Morgan fingerprint density at radius 2 is 1.58 bits per heavy atom. The number of nitrogens with two attached hydrogens (primary N) is 1. The van der Waals surface area contributed by atoms with E-state index in [0.717, 1.165) is 5.56 Å². The van der Waals surface area contributed by atoms with Gasteiger partial charge in [-0.2, -0.15) is 0 Å². The second-order valence-electron chi connectivity index (χ2n) is 6.53. The summed E-state index contributed by atoms with van der Waals surface area (Å²) in [6, 6.07) is 6.96. The molecule has 0 aliphatic carbocycles. The highest BCUT2D eigenvalue weighted by atomic mass is 19.1. The number of halogens is 1. The largest absolute Gasteiger partial charge is 0.323 e. The Hall–Kier alpha value is -0.930. The van der Waals surface area contributed by atoms with Gasteiger partial charge < -0.3 is 5.73 Å². The van der Waals surface area contributed by atoms with E-state index in [1.807, 2.05) is 0 Å². The summed E-state index contributed by atoms with van der Waals surface area (Å²) in [5.41, 5.74) is 7.48. The molecule has 0 amide bonds. The lowest BCUT2D eigenvalue weighted by Gasteiger charge is -2.41. The normalized spacial score (nSPS) is 17.3. The van der Waals surface area contributed by atoms with E-state index in [-0.39, 0.29) is 23.3 Å². The van der Waals surface area contributed by atoms with Crippen LogP contribution < -0.4 is 5.73 Å². The summed E-state index contributed by atoms with van der Waals surface area (Å²) >= 11 is 0. The van der Waals surface area contributed by atoms with E-state index >= 15 is 0 Å². The lowest BCUT2D eigenvalue weighted by molar-refractivity contribution is 0.0924. The highest BCUT2D eigenvalue weighted by Crippen LogP contribution is 2.27. The molecule has 108 valence electrons. The van der Waals surface area contributed by atoms with Gasteiger partial charge >= 0.3 is 0 Å².